The molecule has 0 heterocycles. The Labute approximate surface area is 70.2 Å². The Morgan fingerprint density at radius 1 is 1.70 bits per heavy atom. The van der Waals surface area contributed by atoms with Gasteiger partial charge in [0.15, 0.2) is 5.88 Å². The van der Waals surface area contributed by atoms with Crippen molar-refractivity contribution in [2.45, 2.75) is 0 Å². The zero-order valence-electron chi connectivity index (χ0n) is 6.35. The van der Waals surface area contributed by atoms with Crippen LogP contribution in [0.4, 0.5) is 0 Å². The Hall–Kier alpha value is 0.0400. The fourth-order valence-corrected chi connectivity index (χ4v) is 1.38. The van der Waals surface area contributed by atoms with Crippen LogP contribution >= 0.6 is 21.6 Å². The molecule has 0 amide bonds. The lowest BCUT2D eigenvalue weighted by molar-refractivity contribution is 0.216. The molecule has 0 saturated heterocycles. The molecule has 0 radical (unpaired) electrons. The Kier molecular flexibility index (Phi) is 7.18. The second-order valence-corrected chi connectivity index (χ2v) is 4.19. The van der Waals surface area contributed by atoms with Gasteiger partial charge in [0.1, 0.15) is 0 Å². The SMILES string of the molecule is C=C(NC)OCCSSC. The van der Waals surface area contributed by atoms with Crippen LogP contribution in [0.1, 0.15) is 0 Å². The largest absolute Gasteiger partial charge is 0.479 e. The van der Waals surface area contributed by atoms with Gasteiger partial charge in [-0.05, 0) is 12.8 Å². The van der Waals surface area contributed by atoms with Crippen molar-refractivity contribution >= 4 is 21.6 Å². The van der Waals surface area contributed by atoms with Crippen molar-refractivity contribution in [2.75, 3.05) is 25.7 Å². The first kappa shape index (κ1) is 10.0. The number of hydrogen-bond donors (Lipinski definition) is 1. The summed E-state index contributed by atoms with van der Waals surface area (Å²) in [5.41, 5.74) is 0. The van der Waals surface area contributed by atoms with Gasteiger partial charge in [0.25, 0.3) is 0 Å². The maximum Gasteiger partial charge on any atom is 0.178 e. The summed E-state index contributed by atoms with van der Waals surface area (Å²) in [6, 6.07) is 0. The topological polar surface area (TPSA) is 21.3 Å². The Morgan fingerprint density at radius 3 is 2.90 bits per heavy atom. The van der Waals surface area contributed by atoms with Crippen LogP contribution in [-0.2, 0) is 4.74 Å². The zero-order valence-corrected chi connectivity index (χ0v) is 7.98. The van der Waals surface area contributed by atoms with Crippen molar-refractivity contribution in [1.82, 2.24) is 5.32 Å². The lowest BCUT2D eigenvalue weighted by atomic mass is 10.8. The minimum absolute atomic E-state index is 0.640. The first-order valence-corrected chi connectivity index (χ1v) is 5.69. The van der Waals surface area contributed by atoms with E-state index in [0.717, 1.165) is 12.4 Å². The summed E-state index contributed by atoms with van der Waals surface area (Å²) in [5.74, 6) is 1.64. The van der Waals surface area contributed by atoms with Gasteiger partial charge in [0.05, 0.1) is 6.61 Å². The van der Waals surface area contributed by atoms with Crippen LogP contribution in [0, 0.1) is 0 Å². The smallest absolute Gasteiger partial charge is 0.178 e. The van der Waals surface area contributed by atoms with E-state index in [1.54, 1.807) is 28.6 Å². The van der Waals surface area contributed by atoms with Crippen LogP contribution in [0.25, 0.3) is 0 Å². The molecule has 0 saturated carbocycles. The predicted octanol–water partition coefficient (Wildman–Crippen LogP) is 1.70. The summed E-state index contributed by atoms with van der Waals surface area (Å²) < 4.78 is 5.15. The first-order valence-electron chi connectivity index (χ1n) is 2.96. The summed E-state index contributed by atoms with van der Waals surface area (Å²) in [5, 5.41) is 2.81. The highest BCUT2D eigenvalue weighted by atomic mass is 33.1. The maximum absolute atomic E-state index is 5.15. The molecule has 60 valence electrons. The molecule has 0 bridgehead atoms. The van der Waals surface area contributed by atoms with Crippen LogP contribution in [0.3, 0.4) is 0 Å². The van der Waals surface area contributed by atoms with Gasteiger partial charge in [-0.1, -0.05) is 21.6 Å². The fourth-order valence-electron chi connectivity index (χ4n) is 0.354. The first-order chi connectivity index (χ1) is 4.81. The molecule has 0 aromatic carbocycles. The molecular formula is C6H13NOS2. The van der Waals surface area contributed by atoms with E-state index in [0.29, 0.717) is 5.88 Å². The molecule has 1 N–H and O–H groups in total. The van der Waals surface area contributed by atoms with E-state index in [4.69, 9.17) is 4.74 Å². The van der Waals surface area contributed by atoms with Crippen molar-refractivity contribution in [3.63, 3.8) is 0 Å². The van der Waals surface area contributed by atoms with E-state index < -0.39 is 0 Å². The molecular weight excluding hydrogens is 166 g/mol. The van der Waals surface area contributed by atoms with Gasteiger partial charge in [0.2, 0.25) is 0 Å². The van der Waals surface area contributed by atoms with Gasteiger partial charge in [-0.3, -0.25) is 0 Å². The van der Waals surface area contributed by atoms with Crippen LogP contribution in [0.5, 0.6) is 0 Å². The minimum atomic E-state index is 0.640. The third-order valence-electron chi connectivity index (χ3n) is 0.840. The zero-order chi connectivity index (χ0) is 7.82. The second kappa shape index (κ2) is 7.15. The number of nitrogens with one attached hydrogen (secondary N) is 1. The second-order valence-electron chi connectivity index (χ2n) is 1.51. The molecule has 0 aliphatic heterocycles. The van der Waals surface area contributed by atoms with Crippen molar-refractivity contribution in [3.05, 3.63) is 12.5 Å². The molecule has 0 aromatic rings. The molecule has 2 nitrogen and oxygen atoms in total. The van der Waals surface area contributed by atoms with E-state index in [9.17, 15) is 0 Å². The fraction of sp³-hybridized carbons (Fsp3) is 0.667. The molecule has 4 heteroatoms. The molecule has 0 unspecified atom stereocenters. The summed E-state index contributed by atoms with van der Waals surface area (Å²) in [7, 11) is 5.33. The average Bonchev–Trinajstić information content (AvgIpc) is 1.98. The maximum atomic E-state index is 5.15. The standard InChI is InChI=1S/C6H13NOS2/c1-6(7-2)8-4-5-10-9-3/h7H,1,4-5H2,2-3H3. The molecule has 0 rings (SSSR count). The monoisotopic (exact) mass is 179 g/mol. The summed E-state index contributed by atoms with van der Waals surface area (Å²) >= 11 is 0. The lowest BCUT2D eigenvalue weighted by Crippen LogP contribution is -2.09. The van der Waals surface area contributed by atoms with E-state index in [1.165, 1.54) is 0 Å². The van der Waals surface area contributed by atoms with Crippen LogP contribution in [0.15, 0.2) is 12.5 Å². The minimum Gasteiger partial charge on any atom is -0.479 e. The summed E-state index contributed by atoms with van der Waals surface area (Å²) in [6.07, 6.45) is 2.05. The van der Waals surface area contributed by atoms with E-state index in [2.05, 4.69) is 18.2 Å². The van der Waals surface area contributed by atoms with Crippen molar-refractivity contribution in [1.29, 1.82) is 0 Å². The summed E-state index contributed by atoms with van der Waals surface area (Å²) in [6.45, 7) is 4.35. The van der Waals surface area contributed by atoms with Gasteiger partial charge in [0, 0.05) is 12.8 Å². The van der Waals surface area contributed by atoms with E-state index in [1.807, 2.05) is 0 Å². The van der Waals surface area contributed by atoms with Crippen LogP contribution in [-0.4, -0.2) is 25.7 Å². The highest BCUT2D eigenvalue weighted by molar-refractivity contribution is 8.76. The van der Waals surface area contributed by atoms with Gasteiger partial charge in [-0.2, -0.15) is 0 Å². The Balaban J connectivity index is 2.96. The van der Waals surface area contributed by atoms with Gasteiger partial charge in [-0.15, -0.1) is 0 Å². The highest BCUT2D eigenvalue weighted by Crippen LogP contribution is 2.15. The van der Waals surface area contributed by atoms with Crippen LogP contribution < -0.4 is 5.32 Å². The van der Waals surface area contributed by atoms with Gasteiger partial charge < -0.3 is 10.1 Å². The third kappa shape index (κ3) is 6.16. The van der Waals surface area contributed by atoms with Crippen molar-refractivity contribution in [3.8, 4) is 0 Å². The highest BCUT2D eigenvalue weighted by Gasteiger charge is 1.89. The van der Waals surface area contributed by atoms with Gasteiger partial charge in [-0.25, -0.2) is 0 Å². The Morgan fingerprint density at radius 2 is 2.40 bits per heavy atom. The molecule has 10 heavy (non-hydrogen) atoms. The number of rotatable bonds is 6. The Bertz CT molecular complexity index is 97.7. The molecule has 0 aliphatic carbocycles. The van der Waals surface area contributed by atoms with Crippen molar-refractivity contribution < 1.29 is 4.74 Å². The molecule has 0 aliphatic rings. The molecule has 0 atom stereocenters. The van der Waals surface area contributed by atoms with E-state index in [-0.39, 0.29) is 0 Å². The molecule has 0 spiro atoms. The van der Waals surface area contributed by atoms with Crippen LogP contribution in [0.2, 0.25) is 0 Å². The van der Waals surface area contributed by atoms with E-state index >= 15 is 0 Å². The predicted molar refractivity (Wildman–Crippen MR) is 50.1 cm³/mol. The number of hydrogen-bond acceptors (Lipinski definition) is 4. The van der Waals surface area contributed by atoms with Crippen molar-refractivity contribution in [2.24, 2.45) is 0 Å². The molecule has 0 aromatic heterocycles. The number of ether oxygens (including phenoxy) is 1. The molecule has 0 fully saturated rings. The third-order valence-corrected chi connectivity index (χ3v) is 2.62. The lowest BCUT2D eigenvalue weighted by Gasteiger charge is -2.06. The van der Waals surface area contributed by atoms with Gasteiger partial charge >= 0.3 is 0 Å². The summed E-state index contributed by atoms with van der Waals surface area (Å²) in [4.78, 5) is 0. The average molecular weight is 179 g/mol. The normalized spacial score (nSPS) is 9.00. The quantitative estimate of drug-likeness (QED) is 0.380.